The van der Waals surface area contributed by atoms with Gasteiger partial charge in [0.2, 0.25) is 5.82 Å². The van der Waals surface area contributed by atoms with E-state index in [4.69, 9.17) is 4.74 Å². The first-order valence-electron chi connectivity index (χ1n) is 10.4. The van der Waals surface area contributed by atoms with Gasteiger partial charge in [0.1, 0.15) is 6.10 Å². The molecule has 0 aromatic heterocycles. The minimum atomic E-state index is -1.48. The summed E-state index contributed by atoms with van der Waals surface area (Å²) in [4.78, 5) is 28.4. The van der Waals surface area contributed by atoms with E-state index >= 15 is 0 Å². The lowest BCUT2D eigenvalue weighted by atomic mass is 9.98. The van der Waals surface area contributed by atoms with E-state index in [9.17, 15) is 22.8 Å². The number of benzene rings is 2. The minimum Gasteiger partial charge on any atom is -0.491 e. The molecule has 2 aromatic rings. The monoisotopic (exact) mass is 448 g/mol. The molecule has 2 amide bonds. The van der Waals surface area contributed by atoms with Crippen LogP contribution in [0.4, 0.5) is 18.0 Å². The molecule has 0 bridgehead atoms. The largest absolute Gasteiger partial charge is 0.491 e. The third-order valence-corrected chi connectivity index (χ3v) is 6.14. The van der Waals surface area contributed by atoms with Crippen molar-refractivity contribution in [2.45, 2.75) is 38.0 Å². The molecule has 0 radical (unpaired) electrons. The van der Waals surface area contributed by atoms with Crippen LogP contribution in [0.15, 0.2) is 36.4 Å². The molecule has 0 N–H and O–H groups in total. The predicted molar refractivity (Wildman–Crippen MR) is 109 cm³/mol. The molecule has 6 nitrogen and oxygen atoms in total. The second-order valence-corrected chi connectivity index (χ2v) is 7.95. The Morgan fingerprint density at radius 1 is 1.09 bits per heavy atom. The number of ether oxygens (including phenoxy) is 2. The van der Waals surface area contributed by atoms with Gasteiger partial charge in [-0.05, 0) is 31.4 Å². The summed E-state index contributed by atoms with van der Waals surface area (Å²) < 4.78 is 52.2. The van der Waals surface area contributed by atoms with Crippen LogP contribution in [0.1, 0.15) is 41.8 Å². The molecular formula is C23H23F3N2O4. The van der Waals surface area contributed by atoms with Gasteiger partial charge in [-0.1, -0.05) is 30.3 Å². The molecule has 2 heterocycles. The number of piperidine rings is 1. The molecule has 4 rings (SSSR count). The summed E-state index contributed by atoms with van der Waals surface area (Å²) in [5, 5.41) is 0. The molecule has 2 aromatic carbocycles. The molecule has 9 heteroatoms. The maximum absolute atomic E-state index is 14.5. The van der Waals surface area contributed by atoms with E-state index in [1.54, 1.807) is 4.90 Å². The van der Waals surface area contributed by atoms with Gasteiger partial charge < -0.3 is 14.4 Å². The fourth-order valence-electron chi connectivity index (χ4n) is 4.48. The Hall–Kier alpha value is -3.23. The van der Waals surface area contributed by atoms with Crippen molar-refractivity contribution in [3.05, 3.63) is 65.0 Å². The molecule has 170 valence electrons. The van der Waals surface area contributed by atoms with E-state index in [-0.39, 0.29) is 31.3 Å². The zero-order chi connectivity index (χ0) is 23.0. The first-order valence-corrected chi connectivity index (χ1v) is 10.4. The lowest BCUT2D eigenvalue weighted by molar-refractivity contribution is 0.0634. The summed E-state index contributed by atoms with van der Waals surface area (Å²) in [6.45, 7) is 2.39. The van der Waals surface area contributed by atoms with Crippen LogP contribution >= 0.6 is 0 Å². The Morgan fingerprint density at radius 2 is 1.75 bits per heavy atom. The van der Waals surface area contributed by atoms with Gasteiger partial charge in [0.15, 0.2) is 17.4 Å². The third kappa shape index (κ3) is 3.76. The SMILES string of the molecule is COc1c(F)c(F)cc(C(=O)N2CCC(N3C(=O)O[C@H](c4ccccc4)[C@@H]3C)CC2)c1F. The molecule has 2 aliphatic rings. The van der Waals surface area contributed by atoms with Crippen LogP contribution in [0.2, 0.25) is 0 Å². The van der Waals surface area contributed by atoms with Crippen molar-refractivity contribution in [2.75, 3.05) is 20.2 Å². The Balaban J connectivity index is 1.45. The molecule has 2 fully saturated rings. The van der Waals surface area contributed by atoms with E-state index in [0.717, 1.165) is 12.7 Å². The first kappa shape index (κ1) is 22.0. The molecule has 0 saturated carbocycles. The second-order valence-electron chi connectivity index (χ2n) is 7.95. The second kappa shape index (κ2) is 8.72. The maximum atomic E-state index is 14.5. The zero-order valence-corrected chi connectivity index (χ0v) is 17.7. The fourth-order valence-corrected chi connectivity index (χ4v) is 4.48. The average Bonchev–Trinajstić information content (AvgIpc) is 3.10. The summed E-state index contributed by atoms with van der Waals surface area (Å²) in [5.74, 6) is -5.75. The number of hydrogen-bond donors (Lipinski definition) is 0. The number of amides is 2. The van der Waals surface area contributed by atoms with Crippen LogP contribution in [0.5, 0.6) is 5.75 Å². The average molecular weight is 448 g/mol. The van der Waals surface area contributed by atoms with Crippen LogP contribution in [0, 0.1) is 17.5 Å². The van der Waals surface area contributed by atoms with Gasteiger partial charge in [-0.3, -0.25) is 9.69 Å². The number of halogens is 3. The van der Waals surface area contributed by atoms with Crippen LogP contribution < -0.4 is 4.74 Å². The Morgan fingerprint density at radius 3 is 2.38 bits per heavy atom. The van der Waals surface area contributed by atoms with Crippen molar-refractivity contribution < 1.29 is 32.2 Å². The predicted octanol–water partition coefficient (Wildman–Crippen LogP) is 4.30. The Kier molecular flexibility index (Phi) is 5.99. The van der Waals surface area contributed by atoms with Crippen molar-refractivity contribution in [3.63, 3.8) is 0 Å². The summed E-state index contributed by atoms with van der Waals surface area (Å²) >= 11 is 0. The van der Waals surface area contributed by atoms with E-state index in [1.165, 1.54) is 4.90 Å². The zero-order valence-electron chi connectivity index (χ0n) is 17.7. The van der Waals surface area contributed by atoms with Crippen molar-refractivity contribution in [1.29, 1.82) is 0 Å². The first-order chi connectivity index (χ1) is 15.3. The lowest BCUT2D eigenvalue weighted by Gasteiger charge is -2.37. The third-order valence-electron chi connectivity index (χ3n) is 6.14. The number of cyclic esters (lactones) is 1. The molecule has 0 spiro atoms. The highest BCUT2D eigenvalue weighted by Gasteiger charge is 2.44. The summed E-state index contributed by atoms with van der Waals surface area (Å²) in [6, 6.07) is 9.68. The van der Waals surface area contributed by atoms with Gasteiger partial charge in [-0.25, -0.2) is 13.6 Å². The Labute approximate surface area is 183 Å². The van der Waals surface area contributed by atoms with Crippen LogP contribution in [-0.2, 0) is 4.74 Å². The highest BCUT2D eigenvalue weighted by Crippen LogP contribution is 2.36. The normalized spacial score (nSPS) is 21.6. The van der Waals surface area contributed by atoms with Crippen LogP contribution in [-0.4, -0.2) is 54.1 Å². The van der Waals surface area contributed by atoms with Gasteiger partial charge in [0.05, 0.1) is 18.7 Å². The number of carbonyl (C=O) groups excluding carboxylic acids is 2. The highest BCUT2D eigenvalue weighted by molar-refractivity contribution is 5.95. The van der Waals surface area contributed by atoms with Crippen molar-refractivity contribution >= 4 is 12.0 Å². The standard InChI is InChI=1S/C23H23F3N2O4/c1-13-20(14-6-4-3-5-7-14)32-23(30)28(13)15-8-10-27(11-9-15)22(29)16-12-17(24)19(26)21(31-2)18(16)25/h3-7,12-13,15,20H,8-11H2,1-2H3/t13-,20-/m0/s1. The molecule has 0 aliphatic carbocycles. The van der Waals surface area contributed by atoms with E-state index in [2.05, 4.69) is 4.74 Å². The summed E-state index contributed by atoms with van der Waals surface area (Å²) in [5.41, 5.74) is 0.323. The smallest absolute Gasteiger partial charge is 0.411 e. The van der Waals surface area contributed by atoms with Gasteiger partial charge in [0.25, 0.3) is 5.91 Å². The highest BCUT2D eigenvalue weighted by atomic mass is 19.2. The number of carbonyl (C=O) groups is 2. The molecule has 0 unspecified atom stereocenters. The lowest BCUT2D eigenvalue weighted by Crippen LogP contribution is -2.49. The summed E-state index contributed by atoms with van der Waals surface area (Å²) in [7, 11) is 1.000. The quantitative estimate of drug-likeness (QED) is 0.655. The van der Waals surface area contributed by atoms with E-state index in [1.807, 2.05) is 37.3 Å². The minimum absolute atomic E-state index is 0.153. The molecule has 32 heavy (non-hydrogen) atoms. The molecule has 2 saturated heterocycles. The number of likely N-dealkylation sites (tertiary alicyclic amines) is 1. The number of nitrogens with zero attached hydrogens (tertiary/aromatic N) is 2. The van der Waals surface area contributed by atoms with Gasteiger partial charge in [-0.2, -0.15) is 4.39 Å². The molecule has 2 atom stereocenters. The number of rotatable bonds is 4. The maximum Gasteiger partial charge on any atom is 0.411 e. The van der Waals surface area contributed by atoms with Gasteiger partial charge in [-0.15, -0.1) is 0 Å². The van der Waals surface area contributed by atoms with Gasteiger partial charge >= 0.3 is 6.09 Å². The Bertz CT molecular complexity index is 1030. The summed E-state index contributed by atoms with van der Waals surface area (Å²) in [6.07, 6.45) is 0.115. The molecular weight excluding hydrogens is 425 g/mol. The number of hydrogen-bond acceptors (Lipinski definition) is 4. The number of methoxy groups -OCH3 is 1. The van der Waals surface area contributed by atoms with E-state index in [0.29, 0.717) is 18.9 Å². The van der Waals surface area contributed by atoms with E-state index < -0.39 is 40.8 Å². The van der Waals surface area contributed by atoms with Crippen molar-refractivity contribution in [3.8, 4) is 5.75 Å². The van der Waals surface area contributed by atoms with Crippen LogP contribution in [0.25, 0.3) is 0 Å². The van der Waals surface area contributed by atoms with Crippen LogP contribution in [0.3, 0.4) is 0 Å². The van der Waals surface area contributed by atoms with Crippen molar-refractivity contribution in [1.82, 2.24) is 9.80 Å². The van der Waals surface area contributed by atoms with Gasteiger partial charge in [0, 0.05) is 19.1 Å². The van der Waals surface area contributed by atoms with Crippen molar-refractivity contribution in [2.24, 2.45) is 0 Å². The molecule has 2 aliphatic heterocycles. The fraction of sp³-hybridized carbons (Fsp3) is 0.391. The topological polar surface area (TPSA) is 59.1 Å².